The average Bonchev–Trinajstić information content (AvgIpc) is 3.87. The number of nitrogens with two attached hydrogens (primary N) is 2. The van der Waals surface area contributed by atoms with Crippen molar-refractivity contribution in [1.29, 1.82) is 0 Å². The van der Waals surface area contributed by atoms with Crippen LogP contribution in [0, 0.1) is 5.92 Å². The molecule has 4 aromatic rings. The molecule has 0 aliphatic carbocycles. The van der Waals surface area contributed by atoms with Crippen LogP contribution in [-0.2, 0) is 48.9 Å². The SMILES string of the molecule is CNCCOC(=O)O[C@@H]1[C@H](COP(O)(=S)OC[C@H]2O[C@@H](n3cnc4c(N)ncnc43)C[C@@H]2O)[C@@H](CO[P+](=O)O)O[C@H]1n1cnc2c(N)ncnc21. The Kier molecular flexibility index (Phi) is 11.6. The summed E-state index contributed by atoms with van der Waals surface area (Å²) in [6.45, 7) is -5.06. The standard InChI is InChI=1S/C25H33N11O12P2S/c1-28-2-3-42-25(38)48-19-12(14(6-43-49(39)40)47-24(19)36-11-34-18-21(27)30-9-32-23(18)36)5-44-50(41,51)45-7-15-13(37)4-16(46-15)35-10-33-17-20(26)29-8-31-22(17)35/h8-16,19,24,28,37H,2-7H2,1H3,(H5-,26,27,29,30,31,32,39,40,41,51)/p+1/t12-,13+,14-,15-,16-,19-,24-,50?/m1/s1. The number of aromatic nitrogens is 8. The van der Waals surface area contributed by atoms with Crippen LogP contribution in [0.1, 0.15) is 18.9 Å². The molecule has 8 N–H and O–H groups in total. The summed E-state index contributed by atoms with van der Waals surface area (Å²) in [7, 11) is -1.39. The van der Waals surface area contributed by atoms with E-state index in [1.165, 1.54) is 29.9 Å². The highest BCUT2D eigenvalue weighted by atomic mass is 32.5. The molecular formula is C25H34N11O12P2S+. The summed E-state index contributed by atoms with van der Waals surface area (Å²) in [5, 5.41) is 13.6. The Morgan fingerprint density at radius 2 is 1.67 bits per heavy atom. The number of aliphatic hydroxyl groups is 1. The highest BCUT2D eigenvalue weighted by molar-refractivity contribution is 8.07. The lowest BCUT2D eigenvalue weighted by Crippen LogP contribution is -2.36. The van der Waals surface area contributed by atoms with E-state index in [0.29, 0.717) is 17.7 Å². The lowest BCUT2D eigenvalue weighted by molar-refractivity contribution is -0.0609. The first-order valence-corrected chi connectivity index (χ1v) is 18.9. The van der Waals surface area contributed by atoms with Crippen molar-refractivity contribution in [2.45, 2.75) is 43.3 Å². The zero-order valence-corrected chi connectivity index (χ0v) is 29.2. The van der Waals surface area contributed by atoms with E-state index in [-0.39, 0.29) is 42.4 Å². The number of carbonyl (C=O) groups is 1. The molecule has 2 unspecified atom stereocenters. The summed E-state index contributed by atoms with van der Waals surface area (Å²) >= 11 is 5.26. The van der Waals surface area contributed by atoms with Crippen molar-refractivity contribution in [2.24, 2.45) is 5.92 Å². The van der Waals surface area contributed by atoms with Crippen molar-refractivity contribution in [3.05, 3.63) is 25.3 Å². The Balaban J connectivity index is 1.17. The van der Waals surface area contributed by atoms with Crippen molar-refractivity contribution in [3.63, 3.8) is 0 Å². The number of ether oxygens (including phenoxy) is 4. The molecule has 0 spiro atoms. The molecule has 51 heavy (non-hydrogen) atoms. The van der Waals surface area contributed by atoms with Gasteiger partial charge in [-0.05, 0) is 18.9 Å². The first kappa shape index (κ1) is 37.1. The van der Waals surface area contributed by atoms with Gasteiger partial charge >= 0.3 is 21.1 Å². The van der Waals surface area contributed by atoms with Crippen LogP contribution < -0.4 is 16.8 Å². The predicted octanol–water partition coefficient (Wildman–Crippen LogP) is -0.350. The number of nitrogens with zero attached hydrogens (tertiary/aromatic N) is 8. The lowest BCUT2D eigenvalue weighted by atomic mass is 9.99. The van der Waals surface area contributed by atoms with Gasteiger partial charge in [-0.2, -0.15) is 0 Å². The molecule has 4 aromatic heterocycles. The van der Waals surface area contributed by atoms with Gasteiger partial charge in [-0.25, -0.2) is 34.7 Å². The molecule has 6 heterocycles. The van der Waals surface area contributed by atoms with Gasteiger partial charge < -0.3 is 54.8 Å². The molecule has 2 aliphatic rings. The summed E-state index contributed by atoms with van der Waals surface area (Å²) < 4.78 is 53.7. The number of hydrogen-bond acceptors (Lipinski definition) is 20. The summed E-state index contributed by atoms with van der Waals surface area (Å²) in [6.07, 6.45) is -1.79. The maximum atomic E-state index is 12.8. The second kappa shape index (κ2) is 15.9. The summed E-state index contributed by atoms with van der Waals surface area (Å²) in [5.74, 6) is -0.739. The highest BCUT2D eigenvalue weighted by Crippen LogP contribution is 2.48. The molecular weight excluding hydrogens is 740 g/mol. The number of likely N-dealkylation sites (N-methyl/N-ethyl adjacent to an activating group) is 1. The van der Waals surface area contributed by atoms with E-state index < -0.39 is 77.1 Å². The van der Waals surface area contributed by atoms with E-state index in [9.17, 15) is 24.3 Å². The Labute approximate surface area is 293 Å². The molecule has 2 saturated heterocycles. The fraction of sp³-hybridized carbons (Fsp3) is 0.560. The number of nitrogen functional groups attached to an aromatic ring is 2. The van der Waals surface area contributed by atoms with Crippen LogP contribution in [0.25, 0.3) is 22.3 Å². The topological polar surface area (TPSA) is 311 Å². The maximum Gasteiger partial charge on any atom is 0.694 e. The fourth-order valence-corrected chi connectivity index (χ4v) is 7.00. The smallest absolute Gasteiger partial charge is 0.433 e. The molecule has 23 nitrogen and oxygen atoms in total. The molecule has 276 valence electrons. The van der Waals surface area contributed by atoms with Gasteiger partial charge in [0.15, 0.2) is 35.3 Å². The van der Waals surface area contributed by atoms with E-state index in [0.717, 1.165) is 0 Å². The normalized spacial score (nSPS) is 26.4. The number of imidazole rings is 2. The van der Waals surface area contributed by atoms with Gasteiger partial charge in [0.2, 0.25) is 0 Å². The van der Waals surface area contributed by atoms with Gasteiger partial charge in [-0.15, -0.1) is 9.42 Å². The van der Waals surface area contributed by atoms with Crippen LogP contribution in [0.15, 0.2) is 25.3 Å². The third-order valence-corrected chi connectivity index (χ3v) is 10.00. The summed E-state index contributed by atoms with van der Waals surface area (Å²) in [4.78, 5) is 57.9. The molecule has 6 rings (SSSR count). The first-order valence-electron chi connectivity index (χ1n) is 15.2. The number of nitrogens with one attached hydrogen (secondary N) is 1. The van der Waals surface area contributed by atoms with Crippen LogP contribution in [0.5, 0.6) is 0 Å². The van der Waals surface area contributed by atoms with Gasteiger partial charge in [0.05, 0.1) is 44.0 Å². The van der Waals surface area contributed by atoms with Crippen LogP contribution in [0.4, 0.5) is 16.4 Å². The molecule has 0 saturated carbocycles. The van der Waals surface area contributed by atoms with E-state index in [1.54, 1.807) is 11.6 Å². The van der Waals surface area contributed by atoms with Crippen LogP contribution >= 0.6 is 15.0 Å². The predicted molar refractivity (Wildman–Crippen MR) is 176 cm³/mol. The van der Waals surface area contributed by atoms with Crippen LogP contribution in [-0.4, -0.2) is 125 Å². The van der Waals surface area contributed by atoms with Crippen molar-refractivity contribution >= 4 is 66.9 Å². The van der Waals surface area contributed by atoms with Crippen molar-refractivity contribution in [3.8, 4) is 0 Å². The molecule has 2 aliphatic heterocycles. The maximum absolute atomic E-state index is 12.8. The molecule has 9 atom stereocenters. The molecule has 0 amide bonds. The second-order valence-electron chi connectivity index (χ2n) is 11.2. The van der Waals surface area contributed by atoms with Crippen molar-refractivity contribution < 1.29 is 56.8 Å². The Morgan fingerprint density at radius 1 is 1.02 bits per heavy atom. The monoisotopic (exact) mass is 774 g/mol. The van der Waals surface area contributed by atoms with Gasteiger partial charge in [-0.1, -0.05) is 0 Å². The van der Waals surface area contributed by atoms with Gasteiger partial charge in [-0.3, -0.25) is 9.13 Å². The molecule has 26 heteroatoms. The largest absolute Gasteiger partial charge is 0.694 e. The Bertz CT molecular complexity index is 1920. The van der Waals surface area contributed by atoms with Crippen LogP contribution in [0.3, 0.4) is 0 Å². The van der Waals surface area contributed by atoms with Crippen molar-refractivity contribution in [2.75, 3.05) is 51.5 Å². The lowest BCUT2D eigenvalue weighted by Gasteiger charge is -2.26. The van der Waals surface area contributed by atoms with E-state index in [4.69, 9.17) is 55.8 Å². The zero-order valence-electron chi connectivity index (χ0n) is 26.6. The third-order valence-electron chi connectivity index (χ3n) is 8.04. The molecule has 0 radical (unpaired) electrons. The van der Waals surface area contributed by atoms with Gasteiger partial charge in [0, 0.05) is 17.5 Å². The molecule has 0 bridgehead atoms. The number of rotatable bonds is 15. The zero-order chi connectivity index (χ0) is 36.3. The van der Waals surface area contributed by atoms with Gasteiger partial charge in [0.25, 0.3) is 0 Å². The molecule has 2 fully saturated rings. The number of hydrogen-bond donors (Lipinski definition) is 6. The van der Waals surface area contributed by atoms with E-state index >= 15 is 0 Å². The summed E-state index contributed by atoms with van der Waals surface area (Å²) in [6, 6.07) is 0. The molecule has 0 aromatic carbocycles. The van der Waals surface area contributed by atoms with E-state index in [1.807, 2.05) is 0 Å². The fourth-order valence-electron chi connectivity index (χ4n) is 5.59. The number of fused-ring (bicyclic) bond motifs is 2. The minimum Gasteiger partial charge on any atom is -0.433 e. The van der Waals surface area contributed by atoms with Crippen LogP contribution in [0.2, 0.25) is 0 Å². The van der Waals surface area contributed by atoms with Gasteiger partial charge in [0.1, 0.15) is 49.2 Å². The number of aliphatic hydroxyl groups excluding tert-OH is 1. The quantitative estimate of drug-likeness (QED) is 0.0511. The summed E-state index contributed by atoms with van der Waals surface area (Å²) in [5.41, 5.74) is 13.1. The first-order chi connectivity index (χ1) is 24.5. The van der Waals surface area contributed by atoms with E-state index in [2.05, 4.69) is 35.2 Å². The third kappa shape index (κ3) is 8.38. The minimum absolute atomic E-state index is 0.0237. The number of anilines is 2. The Morgan fingerprint density at radius 3 is 2.33 bits per heavy atom. The average molecular weight is 775 g/mol. The highest BCUT2D eigenvalue weighted by Gasteiger charge is 2.51. The van der Waals surface area contributed by atoms with Crippen molar-refractivity contribution in [1.82, 2.24) is 44.4 Å². The minimum atomic E-state index is -4.08. The second-order valence-corrected chi connectivity index (χ2v) is 14.8. The Hall–Kier alpha value is -3.64. The number of carbonyl (C=O) groups excluding carboxylic acids is 1.